The van der Waals surface area contributed by atoms with Crippen LogP contribution in [0.4, 0.5) is 0 Å². The minimum atomic E-state index is 0.439. The van der Waals surface area contributed by atoms with E-state index in [-0.39, 0.29) is 0 Å². The zero-order valence-electron chi connectivity index (χ0n) is 14.6. The average molecular weight is 356 g/mol. The Morgan fingerprint density at radius 1 is 1.20 bits per heavy atom. The lowest BCUT2D eigenvalue weighted by atomic mass is 10.0. The molecule has 1 saturated heterocycles. The van der Waals surface area contributed by atoms with E-state index in [1.807, 2.05) is 30.3 Å². The molecular weight excluding hydrogens is 334 g/mol. The van der Waals surface area contributed by atoms with E-state index in [4.69, 9.17) is 21.3 Å². The van der Waals surface area contributed by atoms with Gasteiger partial charge in [0.25, 0.3) is 0 Å². The van der Waals surface area contributed by atoms with Gasteiger partial charge in [0.05, 0.1) is 24.7 Å². The number of nitrogens with zero attached hydrogens (tertiary/aromatic N) is 3. The van der Waals surface area contributed by atoms with Crippen LogP contribution in [0.25, 0.3) is 11.0 Å². The number of methoxy groups -OCH3 is 1. The van der Waals surface area contributed by atoms with Crippen molar-refractivity contribution in [1.29, 1.82) is 0 Å². The molecule has 0 spiro atoms. The van der Waals surface area contributed by atoms with Crippen LogP contribution < -0.4 is 4.74 Å². The first kappa shape index (κ1) is 16.4. The van der Waals surface area contributed by atoms with E-state index in [1.54, 1.807) is 7.11 Å². The smallest absolute Gasteiger partial charge is 0.123 e. The summed E-state index contributed by atoms with van der Waals surface area (Å²) in [5, 5.41) is 0.731. The first-order valence-corrected chi connectivity index (χ1v) is 9.02. The van der Waals surface area contributed by atoms with E-state index in [2.05, 4.69) is 28.6 Å². The lowest BCUT2D eigenvalue weighted by molar-refractivity contribution is 0.240. The molecule has 0 unspecified atom stereocenters. The molecular formula is C20H22ClN3O. The Kier molecular flexibility index (Phi) is 4.40. The Labute approximate surface area is 153 Å². The number of benzene rings is 2. The second-order valence-electron chi connectivity index (χ2n) is 6.62. The van der Waals surface area contributed by atoms with Crippen molar-refractivity contribution in [2.45, 2.75) is 25.4 Å². The van der Waals surface area contributed by atoms with Gasteiger partial charge in [-0.2, -0.15) is 0 Å². The molecule has 1 fully saturated rings. The normalized spacial score (nSPS) is 18.1. The number of likely N-dealkylation sites (tertiary alicyclic amines) is 1. The molecule has 2 aromatic carbocycles. The Morgan fingerprint density at radius 3 is 2.76 bits per heavy atom. The van der Waals surface area contributed by atoms with E-state index in [9.17, 15) is 0 Å². The van der Waals surface area contributed by atoms with Crippen LogP contribution in [0.5, 0.6) is 5.75 Å². The fourth-order valence-electron chi connectivity index (χ4n) is 3.76. The molecule has 4 nitrogen and oxygen atoms in total. The van der Waals surface area contributed by atoms with Gasteiger partial charge in [-0.05, 0) is 55.3 Å². The quantitative estimate of drug-likeness (QED) is 0.686. The third-order valence-electron chi connectivity index (χ3n) is 5.14. The largest absolute Gasteiger partial charge is 0.497 e. The van der Waals surface area contributed by atoms with Gasteiger partial charge in [0, 0.05) is 18.1 Å². The Balaban J connectivity index is 1.59. The molecule has 4 rings (SSSR count). The topological polar surface area (TPSA) is 30.3 Å². The maximum atomic E-state index is 6.11. The van der Waals surface area contributed by atoms with Crippen molar-refractivity contribution in [3.8, 4) is 5.75 Å². The van der Waals surface area contributed by atoms with Gasteiger partial charge in [-0.1, -0.05) is 23.7 Å². The average Bonchev–Trinajstić information content (AvgIpc) is 3.20. The fraction of sp³-hybridized carbons (Fsp3) is 0.350. The van der Waals surface area contributed by atoms with Gasteiger partial charge in [0.1, 0.15) is 11.6 Å². The zero-order chi connectivity index (χ0) is 17.4. The van der Waals surface area contributed by atoms with E-state index in [0.29, 0.717) is 6.04 Å². The highest BCUT2D eigenvalue weighted by Gasteiger charge is 2.27. The maximum Gasteiger partial charge on any atom is 0.123 e. The van der Waals surface area contributed by atoms with Crippen LogP contribution in [-0.2, 0) is 13.6 Å². The molecule has 0 radical (unpaired) electrons. The molecule has 5 heteroatoms. The summed E-state index contributed by atoms with van der Waals surface area (Å²) in [7, 11) is 3.78. The highest BCUT2D eigenvalue weighted by Crippen LogP contribution is 2.34. The van der Waals surface area contributed by atoms with Crippen LogP contribution in [0.15, 0.2) is 42.5 Å². The van der Waals surface area contributed by atoms with Crippen LogP contribution in [0.2, 0.25) is 5.02 Å². The number of imidazole rings is 1. The predicted molar refractivity (Wildman–Crippen MR) is 101 cm³/mol. The minimum Gasteiger partial charge on any atom is -0.497 e. The van der Waals surface area contributed by atoms with Crippen LogP contribution >= 0.6 is 11.6 Å². The molecule has 25 heavy (non-hydrogen) atoms. The minimum absolute atomic E-state index is 0.439. The van der Waals surface area contributed by atoms with Gasteiger partial charge in [0.15, 0.2) is 0 Å². The van der Waals surface area contributed by atoms with Gasteiger partial charge >= 0.3 is 0 Å². The van der Waals surface area contributed by atoms with Gasteiger partial charge in [-0.3, -0.25) is 4.90 Å². The summed E-state index contributed by atoms with van der Waals surface area (Å²) in [5.74, 6) is 1.98. The first-order valence-electron chi connectivity index (χ1n) is 8.64. The summed E-state index contributed by atoms with van der Waals surface area (Å²) in [4.78, 5) is 7.33. The molecule has 1 aromatic heterocycles. The molecule has 3 aromatic rings. The third-order valence-corrected chi connectivity index (χ3v) is 5.38. The van der Waals surface area contributed by atoms with Crippen LogP contribution in [0.1, 0.15) is 30.3 Å². The molecule has 1 aliphatic rings. The summed E-state index contributed by atoms with van der Waals surface area (Å²) in [6.45, 7) is 1.94. The standard InChI is InChI=1S/C20H22ClN3O/c1-23-19-10-7-15(21)12-17(19)22-20(23)13-24-11-3-4-18(24)14-5-8-16(25-2)9-6-14/h5-10,12,18H,3-4,11,13H2,1-2H3/t18-/m1/s1. The molecule has 0 N–H and O–H groups in total. The maximum absolute atomic E-state index is 6.11. The van der Waals surface area contributed by atoms with Gasteiger partial charge in [-0.25, -0.2) is 4.98 Å². The van der Waals surface area contributed by atoms with Crippen LogP contribution in [0, 0.1) is 0 Å². The lowest BCUT2D eigenvalue weighted by Gasteiger charge is -2.24. The number of halogens is 1. The van der Waals surface area contributed by atoms with Gasteiger partial charge in [0.2, 0.25) is 0 Å². The Hall–Kier alpha value is -2.04. The van der Waals surface area contributed by atoms with Gasteiger partial charge in [-0.15, -0.1) is 0 Å². The zero-order valence-corrected chi connectivity index (χ0v) is 15.3. The molecule has 0 amide bonds. The number of rotatable bonds is 4. The van der Waals surface area contributed by atoms with Crippen molar-refractivity contribution < 1.29 is 4.74 Å². The molecule has 2 heterocycles. The summed E-state index contributed by atoms with van der Waals surface area (Å²) in [5.41, 5.74) is 3.44. The predicted octanol–water partition coefficient (Wildman–Crippen LogP) is 4.57. The number of ether oxygens (including phenoxy) is 1. The SMILES string of the molecule is COc1ccc([C@H]2CCCN2Cc2nc3cc(Cl)ccc3n2C)cc1. The number of aromatic nitrogens is 2. The number of fused-ring (bicyclic) bond motifs is 1. The van der Waals surface area contributed by atoms with Crippen LogP contribution in [0.3, 0.4) is 0 Å². The van der Waals surface area contributed by atoms with E-state index in [1.165, 1.54) is 18.4 Å². The summed E-state index contributed by atoms with van der Waals surface area (Å²) < 4.78 is 7.45. The number of hydrogen-bond acceptors (Lipinski definition) is 3. The first-order chi connectivity index (χ1) is 12.2. The summed E-state index contributed by atoms with van der Waals surface area (Å²) in [6, 6.07) is 14.8. The van der Waals surface area contributed by atoms with Crippen molar-refractivity contribution in [1.82, 2.24) is 14.5 Å². The third kappa shape index (κ3) is 3.12. The van der Waals surface area contributed by atoms with Crippen molar-refractivity contribution in [3.63, 3.8) is 0 Å². The molecule has 1 aliphatic heterocycles. The van der Waals surface area contributed by atoms with Gasteiger partial charge < -0.3 is 9.30 Å². The molecule has 0 aliphatic carbocycles. The monoisotopic (exact) mass is 355 g/mol. The molecule has 0 bridgehead atoms. The highest BCUT2D eigenvalue weighted by atomic mass is 35.5. The number of aryl methyl sites for hydroxylation is 1. The number of hydrogen-bond donors (Lipinski definition) is 0. The lowest BCUT2D eigenvalue weighted by Crippen LogP contribution is -2.24. The van der Waals surface area contributed by atoms with Crippen molar-refractivity contribution in [2.24, 2.45) is 7.05 Å². The van der Waals surface area contributed by atoms with E-state index >= 15 is 0 Å². The van der Waals surface area contributed by atoms with E-state index in [0.717, 1.165) is 40.7 Å². The van der Waals surface area contributed by atoms with Crippen LogP contribution in [-0.4, -0.2) is 28.1 Å². The Morgan fingerprint density at radius 2 is 2.00 bits per heavy atom. The fourth-order valence-corrected chi connectivity index (χ4v) is 3.93. The van der Waals surface area contributed by atoms with Crippen molar-refractivity contribution >= 4 is 22.6 Å². The van der Waals surface area contributed by atoms with Crippen molar-refractivity contribution in [3.05, 3.63) is 58.9 Å². The summed E-state index contributed by atoms with van der Waals surface area (Å²) >= 11 is 6.11. The van der Waals surface area contributed by atoms with Crippen molar-refractivity contribution in [2.75, 3.05) is 13.7 Å². The van der Waals surface area contributed by atoms with E-state index < -0.39 is 0 Å². The molecule has 130 valence electrons. The summed E-state index contributed by atoms with van der Waals surface area (Å²) in [6.07, 6.45) is 2.40. The molecule has 0 saturated carbocycles. The second kappa shape index (κ2) is 6.70. The second-order valence-corrected chi connectivity index (χ2v) is 7.06. The highest BCUT2D eigenvalue weighted by molar-refractivity contribution is 6.31. The Bertz CT molecular complexity index is 888. The molecule has 1 atom stereocenters.